The van der Waals surface area contributed by atoms with Crippen LogP contribution in [0.4, 0.5) is 0 Å². The van der Waals surface area contributed by atoms with Gasteiger partial charge < -0.3 is 18.9 Å². The predicted octanol–water partition coefficient (Wildman–Crippen LogP) is 4.88. The number of hydrogen-bond acceptors (Lipinski definition) is 6. The second-order valence-corrected chi connectivity index (χ2v) is 9.19. The van der Waals surface area contributed by atoms with E-state index < -0.39 is 18.9 Å². The van der Waals surface area contributed by atoms with Crippen molar-refractivity contribution >= 4 is 11.9 Å². The summed E-state index contributed by atoms with van der Waals surface area (Å²) in [6.45, 7) is 9.23. The van der Waals surface area contributed by atoms with Gasteiger partial charge in [-0.25, -0.2) is 0 Å². The fourth-order valence-electron chi connectivity index (χ4n) is 5.31. The second-order valence-electron chi connectivity index (χ2n) is 9.19. The molecule has 1 aliphatic carbocycles. The van der Waals surface area contributed by atoms with Crippen molar-refractivity contribution in [1.82, 2.24) is 0 Å². The molecule has 6 heteroatoms. The summed E-state index contributed by atoms with van der Waals surface area (Å²) in [6.07, 6.45) is 8.83. The van der Waals surface area contributed by atoms with Gasteiger partial charge >= 0.3 is 11.9 Å². The van der Waals surface area contributed by atoms with Gasteiger partial charge in [0, 0.05) is 31.6 Å². The lowest BCUT2D eigenvalue weighted by Crippen LogP contribution is -2.47. The molecule has 1 unspecified atom stereocenters. The topological polar surface area (TPSA) is 71.1 Å². The average molecular weight is 421 g/mol. The predicted molar refractivity (Wildman–Crippen MR) is 112 cm³/mol. The fourth-order valence-corrected chi connectivity index (χ4v) is 5.31. The fraction of sp³-hybridized carbons (Fsp3) is 0.750. The van der Waals surface area contributed by atoms with E-state index in [0.717, 1.165) is 38.5 Å². The van der Waals surface area contributed by atoms with Crippen LogP contribution in [0.25, 0.3) is 0 Å². The summed E-state index contributed by atoms with van der Waals surface area (Å²) in [5.41, 5.74) is 2.73. The molecule has 30 heavy (non-hydrogen) atoms. The van der Waals surface area contributed by atoms with Crippen LogP contribution in [0.2, 0.25) is 0 Å². The van der Waals surface area contributed by atoms with Crippen LogP contribution in [-0.2, 0) is 28.5 Å². The van der Waals surface area contributed by atoms with Gasteiger partial charge in [0.15, 0.2) is 6.29 Å². The SMILES string of the molecule is CC(=O)O[C@H]1OC2O[C@H](OC(C)=O)[C@H](CC/C=C(\C)CCC=C(C)C)[C@@H]3CC[C@H]1[C@H]23. The first-order valence-corrected chi connectivity index (χ1v) is 11.2. The maximum Gasteiger partial charge on any atom is 0.304 e. The van der Waals surface area contributed by atoms with Gasteiger partial charge in [-0.1, -0.05) is 23.3 Å². The monoisotopic (exact) mass is 420 g/mol. The van der Waals surface area contributed by atoms with Gasteiger partial charge in [-0.2, -0.15) is 0 Å². The molecule has 0 aromatic carbocycles. The normalized spacial score (nSPS) is 35.0. The van der Waals surface area contributed by atoms with Crippen molar-refractivity contribution in [2.24, 2.45) is 23.7 Å². The average Bonchev–Trinajstić information content (AvgIpc) is 3.20. The van der Waals surface area contributed by atoms with Crippen LogP contribution in [-0.4, -0.2) is 30.8 Å². The molecule has 2 saturated heterocycles. The van der Waals surface area contributed by atoms with Crippen LogP contribution in [0.5, 0.6) is 0 Å². The summed E-state index contributed by atoms with van der Waals surface area (Å²) in [5.74, 6) is 0.129. The zero-order valence-electron chi connectivity index (χ0n) is 18.9. The van der Waals surface area contributed by atoms with E-state index in [9.17, 15) is 9.59 Å². The Kier molecular flexibility index (Phi) is 7.75. The molecule has 3 rings (SSSR count). The Hall–Kier alpha value is -1.66. The standard InChI is InChI=1S/C24H36O6/c1-14(2)8-6-9-15(3)10-7-11-19-18-12-13-20-21(18)24(29-22(19)27-16(4)25)30-23(20)28-17(5)26/h8,10,18-24H,6-7,9,11-13H2,1-5H3/b15-10+/t18-,19+,20-,21+,22-,23-,24?/m0/s1. The highest BCUT2D eigenvalue weighted by Crippen LogP contribution is 2.56. The number of ether oxygens (including phenoxy) is 4. The van der Waals surface area contributed by atoms with Crippen molar-refractivity contribution < 1.29 is 28.5 Å². The number of rotatable bonds is 8. The molecule has 168 valence electrons. The van der Waals surface area contributed by atoms with Crippen LogP contribution in [0.1, 0.15) is 73.1 Å². The van der Waals surface area contributed by atoms with Gasteiger partial charge in [0.1, 0.15) is 0 Å². The van der Waals surface area contributed by atoms with E-state index in [4.69, 9.17) is 18.9 Å². The summed E-state index contributed by atoms with van der Waals surface area (Å²) >= 11 is 0. The minimum Gasteiger partial charge on any atom is -0.436 e. The Morgan fingerprint density at radius 1 is 0.867 bits per heavy atom. The molecule has 1 saturated carbocycles. The molecule has 0 amide bonds. The van der Waals surface area contributed by atoms with E-state index in [2.05, 4.69) is 32.9 Å². The largest absolute Gasteiger partial charge is 0.436 e. The van der Waals surface area contributed by atoms with Crippen molar-refractivity contribution in [3.63, 3.8) is 0 Å². The number of hydrogen-bond donors (Lipinski definition) is 0. The van der Waals surface area contributed by atoms with Crippen molar-refractivity contribution in [1.29, 1.82) is 0 Å². The van der Waals surface area contributed by atoms with Gasteiger partial charge in [0.25, 0.3) is 0 Å². The first kappa shape index (κ1) is 23.0. The molecule has 0 aromatic rings. The lowest BCUT2D eigenvalue weighted by molar-refractivity contribution is -0.306. The van der Waals surface area contributed by atoms with Crippen LogP contribution in [0, 0.1) is 23.7 Å². The van der Waals surface area contributed by atoms with Gasteiger partial charge in [-0.3, -0.25) is 9.59 Å². The molecule has 0 aromatic heterocycles. The summed E-state index contributed by atoms with van der Waals surface area (Å²) in [7, 11) is 0. The van der Waals surface area contributed by atoms with E-state index >= 15 is 0 Å². The van der Waals surface area contributed by atoms with E-state index in [0.29, 0.717) is 5.92 Å². The minimum atomic E-state index is -0.608. The van der Waals surface area contributed by atoms with Gasteiger partial charge in [0.05, 0.1) is 0 Å². The van der Waals surface area contributed by atoms with Crippen molar-refractivity contribution in [2.75, 3.05) is 0 Å². The van der Waals surface area contributed by atoms with Crippen LogP contribution < -0.4 is 0 Å². The summed E-state index contributed by atoms with van der Waals surface area (Å²) in [6, 6.07) is 0. The van der Waals surface area contributed by atoms with Gasteiger partial charge in [0.2, 0.25) is 12.6 Å². The third-order valence-electron chi connectivity index (χ3n) is 6.57. The highest BCUT2D eigenvalue weighted by Gasteiger charge is 2.60. The molecular formula is C24H36O6. The zero-order valence-corrected chi connectivity index (χ0v) is 18.9. The number of esters is 2. The Labute approximate surface area is 180 Å². The van der Waals surface area contributed by atoms with Gasteiger partial charge in [-0.15, -0.1) is 0 Å². The Morgan fingerprint density at radius 2 is 1.50 bits per heavy atom. The summed E-state index contributed by atoms with van der Waals surface area (Å²) in [4.78, 5) is 23.1. The molecule has 3 aliphatic rings. The lowest BCUT2D eigenvalue weighted by Gasteiger charge is -2.41. The Morgan fingerprint density at radius 3 is 2.17 bits per heavy atom. The first-order chi connectivity index (χ1) is 14.3. The minimum absolute atomic E-state index is 0.127. The highest BCUT2D eigenvalue weighted by atomic mass is 16.8. The first-order valence-electron chi connectivity index (χ1n) is 11.2. The van der Waals surface area contributed by atoms with Gasteiger partial charge in [-0.05, 0) is 65.2 Å². The lowest BCUT2D eigenvalue weighted by atomic mass is 9.76. The molecule has 2 aliphatic heterocycles. The quantitative estimate of drug-likeness (QED) is 0.412. The van der Waals surface area contributed by atoms with Crippen LogP contribution in [0.15, 0.2) is 23.3 Å². The second kappa shape index (κ2) is 10.1. The third kappa shape index (κ3) is 5.52. The molecular weight excluding hydrogens is 384 g/mol. The van der Waals surface area contributed by atoms with Crippen LogP contribution >= 0.6 is 0 Å². The molecule has 3 fully saturated rings. The van der Waals surface area contributed by atoms with E-state index in [1.165, 1.54) is 25.0 Å². The zero-order chi connectivity index (χ0) is 21.8. The molecule has 6 nitrogen and oxygen atoms in total. The van der Waals surface area contributed by atoms with E-state index in [-0.39, 0.29) is 29.7 Å². The molecule has 0 bridgehead atoms. The van der Waals surface area contributed by atoms with Crippen LogP contribution in [0.3, 0.4) is 0 Å². The summed E-state index contributed by atoms with van der Waals surface area (Å²) < 4.78 is 22.9. The van der Waals surface area contributed by atoms with Crippen molar-refractivity contribution in [2.45, 2.75) is 92.0 Å². The number of carbonyl (C=O) groups excluding carboxylic acids is 2. The Balaban J connectivity index is 1.66. The maximum absolute atomic E-state index is 11.7. The molecule has 7 atom stereocenters. The van der Waals surface area contributed by atoms with E-state index in [1.54, 1.807) is 0 Å². The molecule has 2 heterocycles. The maximum atomic E-state index is 11.7. The third-order valence-corrected chi connectivity index (χ3v) is 6.57. The number of carbonyl (C=O) groups is 2. The highest BCUT2D eigenvalue weighted by molar-refractivity contribution is 5.66. The molecule has 0 radical (unpaired) electrons. The van der Waals surface area contributed by atoms with E-state index in [1.807, 2.05) is 0 Å². The Bertz CT molecular complexity index is 692. The summed E-state index contributed by atoms with van der Waals surface area (Å²) in [5, 5.41) is 0. The van der Waals surface area contributed by atoms with Crippen molar-refractivity contribution in [3.8, 4) is 0 Å². The van der Waals surface area contributed by atoms with Crippen molar-refractivity contribution in [3.05, 3.63) is 23.3 Å². The molecule has 0 spiro atoms. The number of allylic oxidation sites excluding steroid dienone is 4. The molecule has 0 N–H and O–H groups in total. The smallest absolute Gasteiger partial charge is 0.304 e.